The molecule has 0 unspecified atom stereocenters. The van der Waals surface area contributed by atoms with E-state index in [2.05, 4.69) is 29.1 Å². The van der Waals surface area contributed by atoms with Gasteiger partial charge in [0.2, 0.25) is 5.91 Å². The highest BCUT2D eigenvalue weighted by Crippen LogP contribution is 2.38. The highest BCUT2D eigenvalue weighted by Gasteiger charge is 2.38. The lowest BCUT2D eigenvalue weighted by Gasteiger charge is -2.04. The lowest BCUT2D eigenvalue weighted by atomic mass is 10.2. The van der Waals surface area contributed by atoms with Gasteiger partial charge in [-0.25, -0.2) is 4.98 Å². The molecule has 3 heteroatoms. The summed E-state index contributed by atoms with van der Waals surface area (Å²) in [5.41, 5.74) is 2.40. The van der Waals surface area contributed by atoms with E-state index in [9.17, 15) is 4.79 Å². The van der Waals surface area contributed by atoms with Crippen LogP contribution in [0.4, 0.5) is 5.69 Å². The number of amides is 1. The van der Waals surface area contributed by atoms with Gasteiger partial charge in [-0.05, 0) is 48.6 Å². The van der Waals surface area contributed by atoms with Crippen LogP contribution in [-0.2, 0) is 4.79 Å². The normalized spacial score (nSPS) is 19.3. The van der Waals surface area contributed by atoms with E-state index in [0.29, 0.717) is 5.92 Å². The van der Waals surface area contributed by atoms with Crippen molar-refractivity contribution in [1.29, 1.82) is 0 Å². The second-order valence-corrected chi connectivity index (χ2v) is 5.35. The van der Waals surface area contributed by atoms with Gasteiger partial charge in [0.25, 0.3) is 0 Å². The molecule has 0 aliphatic heterocycles. The Hall–Kier alpha value is -2.60. The molecule has 3 rings (SSSR count). The van der Waals surface area contributed by atoms with Crippen LogP contribution in [0.1, 0.15) is 24.6 Å². The van der Waals surface area contributed by atoms with E-state index >= 15 is 0 Å². The Morgan fingerprint density at radius 3 is 2.81 bits per heavy atom. The third-order valence-electron chi connectivity index (χ3n) is 3.58. The molecule has 1 saturated carbocycles. The number of carbonyl (C=O) groups is 1. The van der Waals surface area contributed by atoms with Crippen LogP contribution in [0.5, 0.6) is 0 Å². The van der Waals surface area contributed by atoms with Gasteiger partial charge in [-0.3, -0.25) is 4.79 Å². The Morgan fingerprint density at radius 1 is 1.24 bits per heavy atom. The molecule has 0 bridgehead atoms. The molecule has 1 aliphatic carbocycles. The number of benzene rings is 1. The molecule has 0 saturated heterocycles. The minimum absolute atomic E-state index is 0.109. The van der Waals surface area contributed by atoms with Gasteiger partial charge in [0, 0.05) is 23.4 Å². The number of anilines is 1. The Balaban J connectivity index is 1.72. The molecule has 0 spiro atoms. The summed E-state index contributed by atoms with van der Waals surface area (Å²) in [6, 6.07) is 13.2. The molecule has 3 nitrogen and oxygen atoms in total. The second kappa shape index (κ2) is 5.80. The molecule has 2 atom stereocenters. The molecule has 104 valence electrons. The van der Waals surface area contributed by atoms with Gasteiger partial charge < -0.3 is 5.32 Å². The first kappa shape index (κ1) is 13.4. The zero-order valence-electron chi connectivity index (χ0n) is 11.8. The van der Waals surface area contributed by atoms with Crippen molar-refractivity contribution < 1.29 is 4.79 Å². The number of hydrogen-bond donors (Lipinski definition) is 1. The number of nitrogens with zero attached hydrogens (tertiary/aromatic N) is 1. The van der Waals surface area contributed by atoms with Gasteiger partial charge in [0.1, 0.15) is 5.69 Å². The Kier molecular flexibility index (Phi) is 3.70. The maximum Gasteiger partial charge on any atom is 0.227 e. The lowest BCUT2D eigenvalue weighted by molar-refractivity contribution is -0.117. The molecule has 1 amide bonds. The van der Waals surface area contributed by atoms with Crippen molar-refractivity contribution in [2.24, 2.45) is 11.8 Å². The van der Waals surface area contributed by atoms with E-state index in [0.717, 1.165) is 23.4 Å². The van der Waals surface area contributed by atoms with E-state index in [1.165, 1.54) is 0 Å². The predicted molar refractivity (Wildman–Crippen MR) is 82.6 cm³/mol. The van der Waals surface area contributed by atoms with E-state index in [1.807, 2.05) is 42.5 Å². The van der Waals surface area contributed by atoms with Gasteiger partial charge in [0.05, 0.1) is 0 Å². The zero-order chi connectivity index (χ0) is 14.7. The number of aromatic nitrogens is 1. The topological polar surface area (TPSA) is 42.0 Å². The molecule has 1 fully saturated rings. The fourth-order valence-electron chi connectivity index (χ4n) is 2.17. The van der Waals surface area contributed by atoms with Gasteiger partial charge in [-0.15, -0.1) is 0 Å². The highest BCUT2D eigenvalue weighted by atomic mass is 16.2. The molecule has 2 aromatic rings. The lowest BCUT2D eigenvalue weighted by Crippen LogP contribution is -2.14. The van der Waals surface area contributed by atoms with Crippen molar-refractivity contribution in [3.63, 3.8) is 0 Å². The summed E-state index contributed by atoms with van der Waals surface area (Å²) in [6.07, 6.45) is 2.71. The van der Waals surface area contributed by atoms with E-state index in [4.69, 9.17) is 0 Å². The summed E-state index contributed by atoms with van der Waals surface area (Å²) < 4.78 is 0. The quantitative estimate of drug-likeness (QED) is 0.856. The van der Waals surface area contributed by atoms with E-state index in [1.54, 1.807) is 6.20 Å². The van der Waals surface area contributed by atoms with Crippen LogP contribution in [0.15, 0.2) is 48.7 Å². The van der Waals surface area contributed by atoms with Crippen molar-refractivity contribution in [1.82, 2.24) is 4.98 Å². The summed E-state index contributed by atoms with van der Waals surface area (Å²) in [5.74, 6) is 6.87. The third-order valence-corrected chi connectivity index (χ3v) is 3.58. The smallest absolute Gasteiger partial charge is 0.227 e. The summed E-state index contributed by atoms with van der Waals surface area (Å²) in [5, 5.41) is 2.95. The van der Waals surface area contributed by atoms with E-state index in [-0.39, 0.29) is 11.8 Å². The van der Waals surface area contributed by atoms with Crippen molar-refractivity contribution in [2.45, 2.75) is 13.3 Å². The Bertz CT molecular complexity index is 713. The minimum Gasteiger partial charge on any atom is -0.326 e. The van der Waals surface area contributed by atoms with Gasteiger partial charge >= 0.3 is 0 Å². The second-order valence-electron chi connectivity index (χ2n) is 5.35. The van der Waals surface area contributed by atoms with Crippen LogP contribution in [-0.4, -0.2) is 10.9 Å². The van der Waals surface area contributed by atoms with Crippen LogP contribution >= 0.6 is 0 Å². The highest BCUT2D eigenvalue weighted by molar-refractivity contribution is 5.94. The summed E-state index contributed by atoms with van der Waals surface area (Å²) in [7, 11) is 0. The average Bonchev–Trinajstić information content (AvgIpc) is 3.24. The molecule has 0 radical (unpaired) electrons. The van der Waals surface area contributed by atoms with Crippen molar-refractivity contribution >= 4 is 11.6 Å². The van der Waals surface area contributed by atoms with E-state index < -0.39 is 0 Å². The molecular weight excluding hydrogens is 260 g/mol. The van der Waals surface area contributed by atoms with Gasteiger partial charge in [0.15, 0.2) is 0 Å². The number of pyridine rings is 1. The summed E-state index contributed by atoms with van der Waals surface area (Å²) >= 11 is 0. The monoisotopic (exact) mass is 276 g/mol. The first-order valence-corrected chi connectivity index (χ1v) is 7.06. The van der Waals surface area contributed by atoms with Crippen molar-refractivity contribution in [3.8, 4) is 11.8 Å². The van der Waals surface area contributed by atoms with Gasteiger partial charge in [-0.1, -0.05) is 25.0 Å². The van der Waals surface area contributed by atoms with Crippen LogP contribution in [0.2, 0.25) is 0 Å². The molecule has 1 aliphatic rings. The summed E-state index contributed by atoms with van der Waals surface area (Å²) in [6.45, 7) is 2.10. The zero-order valence-corrected chi connectivity index (χ0v) is 11.8. The SMILES string of the molecule is C[C@@H]1C[C@H]1C(=O)Nc1cccc(C#Cc2ccccn2)c1. The Labute approximate surface area is 124 Å². The first-order valence-electron chi connectivity index (χ1n) is 7.06. The van der Waals surface area contributed by atoms with Crippen LogP contribution < -0.4 is 5.32 Å². The standard InChI is InChI=1S/C18H16N2O/c1-13-11-17(13)18(21)20-16-7-4-5-14(12-16)8-9-15-6-2-3-10-19-15/h2-7,10,12-13,17H,11H2,1H3,(H,20,21)/t13-,17-/m1/s1. The van der Waals surface area contributed by atoms with Crippen LogP contribution in [0, 0.1) is 23.7 Å². The molecule has 1 N–H and O–H groups in total. The largest absolute Gasteiger partial charge is 0.326 e. The van der Waals surface area contributed by atoms with Gasteiger partial charge in [-0.2, -0.15) is 0 Å². The number of nitrogens with one attached hydrogen (secondary N) is 1. The van der Waals surface area contributed by atoms with Crippen molar-refractivity contribution in [2.75, 3.05) is 5.32 Å². The number of rotatable bonds is 2. The minimum atomic E-state index is 0.109. The molecule has 1 aromatic heterocycles. The number of carbonyl (C=O) groups excluding carboxylic acids is 1. The first-order chi connectivity index (χ1) is 10.2. The summed E-state index contributed by atoms with van der Waals surface area (Å²) in [4.78, 5) is 16.1. The van der Waals surface area contributed by atoms with Crippen LogP contribution in [0.3, 0.4) is 0 Å². The number of hydrogen-bond acceptors (Lipinski definition) is 2. The molecule has 1 aromatic carbocycles. The molecule has 1 heterocycles. The molecule has 21 heavy (non-hydrogen) atoms. The maximum absolute atomic E-state index is 11.9. The van der Waals surface area contributed by atoms with Crippen LogP contribution in [0.25, 0.3) is 0 Å². The maximum atomic E-state index is 11.9. The Morgan fingerprint density at radius 2 is 2.10 bits per heavy atom. The molecular formula is C18H16N2O. The van der Waals surface area contributed by atoms with Crippen molar-refractivity contribution in [3.05, 3.63) is 59.9 Å². The average molecular weight is 276 g/mol. The fourth-order valence-corrected chi connectivity index (χ4v) is 2.17. The fraction of sp³-hybridized carbons (Fsp3) is 0.222. The third kappa shape index (κ3) is 3.49. The predicted octanol–water partition coefficient (Wildman–Crippen LogP) is 3.08.